The maximum Gasteiger partial charge on any atom is 0.317 e. The summed E-state index contributed by atoms with van der Waals surface area (Å²) in [7, 11) is 0. The Morgan fingerprint density at radius 3 is 2.57 bits per heavy atom. The molecule has 2 amide bonds. The maximum absolute atomic E-state index is 12.6. The Labute approximate surface area is 169 Å². The zero-order chi connectivity index (χ0) is 19.2. The van der Waals surface area contributed by atoms with Crippen LogP contribution in [0.4, 0.5) is 4.79 Å². The maximum atomic E-state index is 12.6. The molecule has 0 saturated carbocycles. The van der Waals surface area contributed by atoms with Crippen molar-refractivity contribution in [2.24, 2.45) is 5.41 Å². The van der Waals surface area contributed by atoms with Gasteiger partial charge in [-0.3, -0.25) is 0 Å². The zero-order valence-electron chi connectivity index (χ0n) is 17.1. The second-order valence-electron chi connectivity index (χ2n) is 8.88. The SMILES string of the molecule is O=C(NCCN1CCC[C@H](c2ccccc2)C1)N1CCC2(CCOCC2)CC1. The summed E-state index contributed by atoms with van der Waals surface area (Å²) < 4.78 is 5.52. The van der Waals surface area contributed by atoms with Crippen molar-refractivity contribution in [3.8, 4) is 0 Å². The van der Waals surface area contributed by atoms with Crippen LogP contribution in [-0.4, -0.2) is 68.3 Å². The molecule has 5 heteroatoms. The molecule has 5 nitrogen and oxygen atoms in total. The third kappa shape index (κ3) is 4.87. The van der Waals surface area contributed by atoms with Crippen LogP contribution < -0.4 is 5.32 Å². The van der Waals surface area contributed by atoms with E-state index in [1.807, 2.05) is 4.90 Å². The number of carbonyl (C=O) groups excluding carboxylic acids is 1. The molecule has 3 heterocycles. The van der Waals surface area contributed by atoms with E-state index in [9.17, 15) is 4.79 Å². The molecule has 1 aromatic rings. The summed E-state index contributed by atoms with van der Waals surface area (Å²) in [5.74, 6) is 0.628. The first-order chi connectivity index (χ1) is 13.7. The molecule has 3 saturated heterocycles. The highest BCUT2D eigenvalue weighted by Gasteiger charge is 2.37. The number of amides is 2. The molecule has 0 unspecified atom stereocenters. The van der Waals surface area contributed by atoms with Gasteiger partial charge in [-0.2, -0.15) is 0 Å². The molecule has 154 valence electrons. The summed E-state index contributed by atoms with van der Waals surface area (Å²) >= 11 is 0. The average molecular weight is 386 g/mol. The smallest absolute Gasteiger partial charge is 0.317 e. The van der Waals surface area contributed by atoms with Crippen LogP contribution in [0.3, 0.4) is 0 Å². The molecule has 0 aliphatic carbocycles. The van der Waals surface area contributed by atoms with Crippen LogP contribution in [-0.2, 0) is 4.74 Å². The highest BCUT2D eigenvalue weighted by atomic mass is 16.5. The molecule has 0 radical (unpaired) electrons. The van der Waals surface area contributed by atoms with Crippen molar-refractivity contribution in [1.82, 2.24) is 15.1 Å². The fourth-order valence-corrected chi connectivity index (χ4v) is 5.18. The molecule has 1 atom stereocenters. The number of benzene rings is 1. The molecule has 1 N–H and O–H groups in total. The quantitative estimate of drug-likeness (QED) is 0.863. The van der Waals surface area contributed by atoms with E-state index in [2.05, 4.69) is 40.5 Å². The summed E-state index contributed by atoms with van der Waals surface area (Å²) in [6.07, 6.45) is 7.11. The molecule has 0 aromatic heterocycles. The molecule has 4 rings (SSSR count). The summed E-state index contributed by atoms with van der Waals surface area (Å²) in [6, 6.07) is 11.0. The van der Waals surface area contributed by atoms with Gasteiger partial charge in [0.05, 0.1) is 0 Å². The Kier molecular flexibility index (Phi) is 6.53. The monoisotopic (exact) mass is 385 g/mol. The van der Waals surface area contributed by atoms with Gasteiger partial charge >= 0.3 is 6.03 Å². The van der Waals surface area contributed by atoms with Crippen LogP contribution in [0.15, 0.2) is 30.3 Å². The van der Waals surface area contributed by atoms with Crippen LogP contribution in [0.2, 0.25) is 0 Å². The number of nitrogens with one attached hydrogen (secondary N) is 1. The van der Waals surface area contributed by atoms with Crippen molar-refractivity contribution in [2.75, 3.05) is 52.5 Å². The minimum Gasteiger partial charge on any atom is -0.381 e. The molecule has 3 aliphatic heterocycles. The molecule has 28 heavy (non-hydrogen) atoms. The van der Waals surface area contributed by atoms with Gasteiger partial charge in [-0.1, -0.05) is 30.3 Å². The Bertz CT molecular complexity index is 620. The number of nitrogens with zero attached hydrogens (tertiary/aromatic N) is 2. The topological polar surface area (TPSA) is 44.8 Å². The second-order valence-corrected chi connectivity index (χ2v) is 8.88. The number of hydrogen-bond donors (Lipinski definition) is 1. The average Bonchev–Trinajstić information content (AvgIpc) is 2.76. The standard InChI is InChI=1S/C23H35N3O2/c27-22(26-14-8-23(9-15-26)10-17-28-18-11-23)24-12-16-25-13-4-7-21(19-25)20-5-2-1-3-6-20/h1-3,5-6,21H,4,7-19H2,(H,24,27)/t21-/m0/s1. The third-order valence-corrected chi connectivity index (χ3v) is 7.15. The zero-order valence-corrected chi connectivity index (χ0v) is 17.1. The third-order valence-electron chi connectivity index (χ3n) is 7.15. The predicted octanol–water partition coefficient (Wildman–Crippen LogP) is 3.47. The van der Waals surface area contributed by atoms with Crippen molar-refractivity contribution in [2.45, 2.75) is 44.4 Å². The fourth-order valence-electron chi connectivity index (χ4n) is 5.18. The number of likely N-dealkylation sites (tertiary alicyclic amines) is 2. The number of carbonyl (C=O) groups is 1. The van der Waals surface area contributed by atoms with Gasteiger partial charge in [0.15, 0.2) is 0 Å². The molecular weight excluding hydrogens is 350 g/mol. The Hall–Kier alpha value is -1.59. The van der Waals surface area contributed by atoms with Gasteiger partial charge in [0.2, 0.25) is 0 Å². The summed E-state index contributed by atoms with van der Waals surface area (Å²) in [6.45, 7) is 7.52. The summed E-state index contributed by atoms with van der Waals surface area (Å²) in [5, 5.41) is 3.17. The fraction of sp³-hybridized carbons (Fsp3) is 0.696. The molecule has 0 bridgehead atoms. The van der Waals surface area contributed by atoms with E-state index in [1.54, 1.807) is 0 Å². The number of hydrogen-bond acceptors (Lipinski definition) is 3. The van der Waals surface area contributed by atoms with Crippen LogP contribution in [0.1, 0.15) is 50.0 Å². The van der Waals surface area contributed by atoms with E-state index in [0.717, 1.165) is 65.3 Å². The van der Waals surface area contributed by atoms with Gasteiger partial charge < -0.3 is 19.9 Å². The first-order valence-electron chi connectivity index (χ1n) is 11.1. The summed E-state index contributed by atoms with van der Waals surface area (Å²) in [4.78, 5) is 17.1. The van der Waals surface area contributed by atoms with E-state index in [0.29, 0.717) is 11.3 Å². The first-order valence-corrected chi connectivity index (χ1v) is 11.1. The molecule has 1 aromatic carbocycles. The largest absolute Gasteiger partial charge is 0.381 e. The Balaban J connectivity index is 1.17. The van der Waals surface area contributed by atoms with E-state index in [-0.39, 0.29) is 6.03 Å². The van der Waals surface area contributed by atoms with E-state index in [4.69, 9.17) is 4.74 Å². The van der Waals surface area contributed by atoms with Gasteiger partial charge in [-0.15, -0.1) is 0 Å². The van der Waals surface area contributed by atoms with Crippen LogP contribution in [0, 0.1) is 5.41 Å². The van der Waals surface area contributed by atoms with Crippen molar-refractivity contribution >= 4 is 6.03 Å². The van der Waals surface area contributed by atoms with Crippen LogP contribution in [0.5, 0.6) is 0 Å². The van der Waals surface area contributed by atoms with E-state index in [1.165, 1.54) is 31.2 Å². The van der Waals surface area contributed by atoms with Crippen molar-refractivity contribution in [3.05, 3.63) is 35.9 Å². The Morgan fingerprint density at radius 1 is 1.07 bits per heavy atom. The van der Waals surface area contributed by atoms with Crippen molar-refractivity contribution in [1.29, 1.82) is 0 Å². The van der Waals surface area contributed by atoms with Gasteiger partial charge in [-0.25, -0.2) is 4.79 Å². The highest BCUT2D eigenvalue weighted by molar-refractivity contribution is 5.74. The molecular formula is C23H35N3O2. The lowest BCUT2D eigenvalue weighted by molar-refractivity contribution is -0.0145. The van der Waals surface area contributed by atoms with Gasteiger partial charge in [0, 0.05) is 45.9 Å². The lowest BCUT2D eigenvalue weighted by atomic mass is 9.72. The van der Waals surface area contributed by atoms with Crippen LogP contribution in [0.25, 0.3) is 0 Å². The van der Waals surface area contributed by atoms with E-state index >= 15 is 0 Å². The van der Waals surface area contributed by atoms with Gasteiger partial charge in [0.25, 0.3) is 0 Å². The number of urea groups is 1. The van der Waals surface area contributed by atoms with Gasteiger partial charge in [-0.05, 0) is 62.0 Å². The second kappa shape index (κ2) is 9.27. The van der Waals surface area contributed by atoms with Crippen molar-refractivity contribution in [3.63, 3.8) is 0 Å². The number of rotatable bonds is 4. The minimum absolute atomic E-state index is 0.124. The molecule has 3 aliphatic rings. The number of piperidine rings is 2. The number of ether oxygens (including phenoxy) is 1. The molecule has 3 fully saturated rings. The van der Waals surface area contributed by atoms with Gasteiger partial charge in [0.1, 0.15) is 0 Å². The minimum atomic E-state index is 0.124. The lowest BCUT2D eigenvalue weighted by Gasteiger charge is -2.44. The first kappa shape index (κ1) is 19.7. The highest BCUT2D eigenvalue weighted by Crippen LogP contribution is 2.40. The molecule has 1 spiro atoms. The predicted molar refractivity (Wildman–Crippen MR) is 112 cm³/mol. The van der Waals surface area contributed by atoms with Crippen LogP contribution >= 0.6 is 0 Å². The van der Waals surface area contributed by atoms with E-state index < -0.39 is 0 Å². The van der Waals surface area contributed by atoms with Crippen molar-refractivity contribution < 1.29 is 9.53 Å². The Morgan fingerprint density at radius 2 is 1.82 bits per heavy atom. The summed E-state index contributed by atoms with van der Waals surface area (Å²) in [5.41, 5.74) is 1.89. The lowest BCUT2D eigenvalue weighted by Crippen LogP contribution is -2.50. The normalized spacial score (nSPS) is 25.6.